The highest BCUT2D eigenvalue weighted by Crippen LogP contribution is 2.27. The molecule has 1 unspecified atom stereocenters. The van der Waals surface area contributed by atoms with Crippen LogP contribution >= 0.6 is 11.6 Å². The molecule has 0 spiro atoms. The van der Waals surface area contributed by atoms with Gasteiger partial charge in [-0.25, -0.2) is 0 Å². The Hall–Kier alpha value is -1.61. The van der Waals surface area contributed by atoms with Crippen LogP contribution in [0.3, 0.4) is 0 Å². The molecule has 0 aliphatic heterocycles. The minimum absolute atomic E-state index is 0.362. The van der Waals surface area contributed by atoms with E-state index in [0.717, 1.165) is 35.0 Å². The monoisotopic (exact) mass is 292 g/mol. The summed E-state index contributed by atoms with van der Waals surface area (Å²) in [6.07, 6.45) is 3.67. The van der Waals surface area contributed by atoms with E-state index in [2.05, 4.69) is 18.3 Å². The summed E-state index contributed by atoms with van der Waals surface area (Å²) in [5, 5.41) is 4.23. The van der Waals surface area contributed by atoms with Crippen LogP contribution in [-0.2, 0) is 6.42 Å². The standard InChI is InChI=1S/C16H21ClN2O/c1-12(6-8-14-5-4-10-20-14)18-13-7-9-16(19(2)3)15(17)11-13/h4-5,7,9-12,18H,6,8H2,1-3H3. The largest absolute Gasteiger partial charge is 0.469 e. The number of halogens is 1. The highest BCUT2D eigenvalue weighted by molar-refractivity contribution is 6.33. The molecular weight excluding hydrogens is 272 g/mol. The lowest BCUT2D eigenvalue weighted by atomic mass is 10.1. The summed E-state index contributed by atoms with van der Waals surface area (Å²) in [7, 11) is 3.97. The molecule has 2 aromatic rings. The molecule has 0 aliphatic rings. The molecule has 0 fully saturated rings. The first kappa shape index (κ1) is 14.8. The fraction of sp³-hybridized carbons (Fsp3) is 0.375. The Morgan fingerprint density at radius 2 is 2.10 bits per heavy atom. The van der Waals surface area contributed by atoms with Gasteiger partial charge in [0.2, 0.25) is 0 Å². The van der Waals surface area contributed by atoms with Crippen molar-refractivity contribution in [3.05, 3.63) is 47.4 Å². The quantitative estimate of drug-likeness (QED) is 0.853. The second-order valence-corrected chi connectivity index (χ2v) is 5.63. The molecule has 1 atom stereocenters. The average Bonchev–Trinajstić information content (AvgIpc) is 2.89. The van der Waals surface area contributed by atoms with Crippen molar-refractivity contribution >= 4 is 23.0 Å². The van der Waals surface area contributed by atoms with Gasteiger partial charge in [0.25, 0.3) is 0 Å². The van der Waals surface area contributed by atoms with Gasteiger partial charge in [0.05, 0.1) is 17.0 Å². The molecule has 108 valence electrons. The van der Waals surface area contributed by atoms with Crippen molar-refractivity contribution in [1.29, 1.82) is 0 Å². The van der Waals surface area contributed by atoms with Crippen LogP contribution in [0.2, 0.25) is 5.02 Å². The van der Waals surface area contributed by atoms with Crippen molar-refractivity contribution in [3.8, 4) is 0 Å². The lowest BCUT2D eigenvalue weighted by molar-refractivity contribution is 0.495. The van der Waals surface area contributed by atoms with Crippen molar-refractivity contribution in [1.82, 2.24) is 0 Å². The molecule has 1 aromatic carbocycles. The number of aryl methyl sites for hydroxylation is 1. The Morgan fingerprint density at radius 3 is 2.70 bits per heavy atom. The van der Waals surface area contributed by atoms with Crippen LogP contribution in [0.5, 0.6) is 0 Å². The van der Waals surface area contributed by atoms with Crippen molar-refractivity contribution < 1.29 is 4.42 Å². The van der Waals surface area contributed by atoms with Gasteiger partial charge in [-0.3, -0.25) is 0 Å². The van der Waals surface area contributed by atoms with Gasteiger partial charge in [-0.15, -0.1) is 0 Å². The molecule has 1 aromatic heterocycles. The van der Waals surface area contributed by atoms with Crippen LogP contribution < -0.4 is 10.2 Å². The van der Waals surface area contributed by atoms with Gasteiger partial charge in [-0.2, -0.15) is 0 Å². The lowest BCUT2D eigenvalue weighted by Gasteiger charge is -2.18. The summed E-state index contributed by atoms with van der Waals surface area (Å²) in [5.41, 5.74) is 2.08. The Labute approximate surface area is 125 Å². The summed E-state index contributed by atoms with van der Waals surface area (Å²) in [6, 6.07) is 10.4. The normalized spacial score (nSPS) is 12.2. The first-order chi connectivity index (χ1) is 9.56. The molecular formula is C16H21ClN2O. The minimum Gasteiger partial charge on any atom is -0.469 e. The van der Waals surface area contributed by atoms with Crippen LogP contribution in [-0.4, -0.2) is 20.1 Å². The summed E-state index contributed by atoms with van der Waals surface area (Å²) < 4.78 is 5.34. The third-order valence-corrected chi connectivity index (χ3v) is 3.55. The van der Waals surface area contributed by atoms with Crippen LogP contribution in [0.15, 0.2) is 41.0 Å². The Kier molecular flexibility index (Phi) is 4.96. The van der Waals surface area contributed by atoms with Gasteiger partial charge < -0.3 is 14.6 Å². The van der Waals surface area contributed by atoms with E-state index >= 15 is 0 Å². The molecule has 0 radical (unpaired) electrons. The highest BCUT2D eigenvalue weighted by atomic mass is 35.5. The fourth-order valence-corrected chi connectivity index (χ4v) is 2.48. The van der Waals surface area contributed by atoms with E-state index in [1.165, 1.54) is 0 Å². The van der Waals surface area contributed by atoms with Gasteiger partial charge in [-0.05, 0) is 43.7 Å². The molecule has 0 bridgehead atoms. The zero-order chi connectivity index (χ0) is 14.5. The molecule has 0 aliphatic carbocycles. The van der Waals surface area contributed by atoms with E-state index in [1.807, 2.05) is 43.3 Å². The summed E-state index contributed by atoms with van der Waals surface area (Å²) in [6.45, 7) is 2.16. The zero-order valence-electron chi connectivity index (χ0n) is 12.2. The number of rotatable bonds is 6. The van der Waals surface area contributed by atoms with E-state index < -0.39 is 0 Å². The third-order valence-electron chi connectivity index (χ3n) is 3.25. The maximum atomic E-state index is 6.27. The molecule has 0 saturated carbocycles. The SMILES string of the molecule is CC(CCc1ccco1)Nc1ccc(N(C)C)c(Cl)c1. The predicted molar refractivity (Wildman–Crippen MR) is 85.9 cm³/mol. The van der Waals surface area contributed by atoms with Crippen molar-refractivity contribution in [2.24, 2.45) is 0 Å². The van der Waals surface area contributed by atoms with Crippen molar-refractivity contribution in [2.45, 2.75) is 25.8 Å². The second kappa shape index (κ2) is 6.71. The zero-order valence-corrected chi connectivity index (χ0v) is 12.9. The minimum atomic E-state index is 0.362. The van der Waals surface area contributed by atoms with E-state index in [1.54, 1.807) is 6.26 Å². The smallest absolute Gasteiger partial charge is 0.103 e. The van der Waals surface area contributed by atoms with E-state index in [-0.39, 0.29) is 0 Å². The molecule has 1 N–H and O–H groups in total. The number of hydrogen-bond donors (Lipinski definition) is 1. The summed E-state index contributed by atoms with van der Waals surface area (Å²) in [4.78, 5) is 2.01. The van der Waals surface area contributed by atoms with Crippen LogP contribution in [0.4, 0.5) is 11.4 Å². The van der Waals surface area contributed by atoms with Crippen molar-refractivity contribution in [2.75, 3.05) is 24.3 Å². The third kappa shape index (κ3) is 3.94. The van der Waals surface area contributed by atoms with Crippen LogP contribution in [0, 0.1) is 0 Å². The number of hydrogen-bond acceptors (Lipinski definition) is 3. The van der Waals surface area contributed by atoms with Gasteiger partial charge in [0.1, 0.15) is 5.76 Å². The van der Waals surface area contributed by atoms with Gasteiger partial charge in [0, 0.05) is 32.2 Å². The molecule has 20 heavy (non-hydrogen) atoms. The van der Waals surface area contributed by atoms with E-state index in [4.69, 9.17) is 16.0 Å². The highest BCUT2D eigenvalue weighted by Gasteiger charge is 2.07. The first-order valence-electron chi connectivity index (χ1n) is 6.82. The van der Waals surface area contributed by atoms with E-state index in [0.29, 0.717) is 6.04 Å². The van der Waals surface area contributed by atoms with Crippen LogP contribution in [0.1, 0.15) is 19.1 Å². The fourth-order valence-electron chi connectivity index (χ4n) is 2.13. The van der Waals surface area contributed by atoms with Gasteiger partial charge >= 0.3 is 0 Å². The lowest BCUT2D eigenvalue weighted by Crippen LogP contribution is -2.16. The van der Waals surface area contributed by atoms with E-state index in [9.17, 15) is 0 Å². The average molecular weight is 293 g/mol. The number of nitrogens with one attached hydrogen (secondary N) is 1. The maximum absolute atomic E-state index is 6.27. The van der Waals surface area contributed by atoms with Crippen molar-refractivity contribution in [3.63, 3.8) is 0 Å². The Morgan fingerprint density at radius 1 is 1.30 bits per heavy atom. The molecule has 4 heteroatoms. The molecule has 3 nitrogen and oxygen atoms in total. The molecule has 1 heterocycles. The van der Waals surface area contributed by atoms with Gasteiger partial charge in [-0.1, -0.05) is 11.6 Å². The molecule has 0 amide bonds. The number of benzene rings is 1. The van der Waals surface area contributed by atoms with Gasteiger partial charge in [0.15, 0.2) is 0 Å². The number of nitrogens with zero attached hydrogens (tertiary/aromatic N) is 1. The number of anilines is 2. The summed E-state index contributed by atoms with van der Waals surface area (Å²) in [5.74, 6) is 1.03. The Bertz CT molecular complexity index is 537. The Balaban J connectivity index is 1.90. The second-order valence-electron chi connectivity index (χ2n) is 5.22. The summed E-state index contributed by atoms with van der Waals surface area (Å²) >= 11 is 6.27. The van der Waals surface area contributed by atoms with Crippen LogP contribution in [0.25, 0.3) is 0 Å². The number of furan rings is 1. The maximum Gasteiger partial charge on any atom is 0.103 e. The first-order valence-corrected chi connectivity index (χ1v) is 7.20. The predicted octanol–water partition coefficient (Wildman–Crippen LogP) is 4.43. The topological polar surface area (TPSA) is 28.4 Å². The molecule has 0 saturated heterocycles. The molecule has 2 rings (SSSR count).